The van der Waals surface area contributed by atoms with Crippen LogP contribution in [0.4, 0.5) is 0 Å². The second kappa shape index (κ2) is 59.2. The summed E-state index contributed by atoms with van der Waals surface area (Å²) in [5, 5.41) is 0. The minimum atomic E-state index is -0.793. The number of allylic oxidation sites excluding steroid dienone is 14. The van der Waals surface area contributed by atoms with Gasteiger partial charge in [-0.2, -0.15) is 0 Å². The van der Waals surface area contributed by atoms with Crippen LogP contribution in [0.5, 0.6) is 0 Å². The largest absolute Gasteiger partial charge is 0.462 e. The quantitative estimate of drug-likeness (QED) is 0.0261. The molecule has 6 nitrogen and oxygen atoms in total. The van der Waals surface area contributed by atoms with Gasteiger partial charge in [-0.25, -0.2) is 0 Å². The van der Waals surface area contributed by atoms with E-state index in [1.165, 1.54) is 180 Å². The van der Waals surface area contributed by atoms with Crippen LogP contribution in [0.3, 0.4) is 0 Å². The van der Waals surface area contributed by atoms with Crippen LogP contribution in [0, 0.1) is 0 Å². The van der Waals surface area contributed by atoms with Gasteiger partial charge in [0.2, 0.25) is 0 Å². The van der Waals surface area contributed by atoms with Crippen LogP contribution < -0.4 is 0 Å². The maximum Gasteiger partial charge on any atom is 0.306 e. The average molecular weight is 990 g/mol. The van der Waals surface area contributed by atoms with Gasteiger partial charge in [-0.1, -0.05) is 318 Å². The van der Waals surface area contributed by atoms with E-state index >= 15 is 0 Å². The van der Waals surface area contributed by atoms with Crippen LogP contribution in [-0.2, 0) is 28.6 Å². The monoisotopic (exact) mass is 989 g/mol. The second-order valence-electron chi connectivity index (χ2n) is 20.1. The maximum absolute atomic E-state index is 12.9. The molecule has 71 heavy (non-hydrogen) atoms. The van der Waals surface area contributed by atoms with Crippen LogP contribution in [0.25, 0.3) is 0 Å². The van der Waals surface area contributed by atoms with Crippen LogP contribution >= 0.6 is 0 Å². The molecular formula is C65H112O6. The van der Waals surface area contributed by atoms with Gasteiger partial charge in [-0.3, -0.25) is 14.4 Å². The number of esters is 3. The Balaban J connectivity index is 4.44. The van der Waals surface area contributed by atoms with Crippen LogP contribution in [-0.4, -0.2) is 37.2 Å². The van der Waals surface area contributed by atoms with E-state index in [1.807, 2.05) is 66.8 Å². The van der Waals surface area contributed by atoms with Gasteiger partial charge in [0.25, 0.3) is 0 Å². The van der Waals surface area contributed by atoms with Crippen molar-refractivity contribution in [1.29, 1.82) is 0 Å². The lowest BCUT2D eigenvalue weighted by molar-refractivity contribution is -0.167. The normalized spacial score (nSPS) is 12.7. The first-order valence-electron chi connectivity index (χ1n) is 30.2. The molecule has 0 aromatic rings. The molecule has 0 saturated carbocycles. The third-order valence-corrected chi connectivity index (χ3v) is 13.1. The van der Waals surface area contributed by atoms with E-state index in [0.717, 1.165) is 70.6 Å². The van der Waals surface area contributed by atoms with Crippen LogP contribution in [0.1, 0.15) is 290 Å². The van der Waals surface area contributed by atoms with E-state index in [4.69, 9.17) is 14.2 Å². The van der Waals surface area contributed by atoms with Gasteiger partial charge in [-0.05, 0) is 38.5 Å². The van der Waals surface area contributed by atoms with Gasteiger partial charge in [0, 0.05) is 19.3 Å². The molecule has 6 heteroatoms. The third kappa shape index (κ3) is 57.4. The first kappa shape index (κ1) is 67.6. The molecule has 408 valence electrons. The zero-order valence-electron chi connectivity index (χ0n) is 46.7. The molecule has 0 heterocycles. The van der Waals surface area contributed by atoms with Crippen molar-refractivity contribution in [3.8, 4) is 0 Å². The summed E-state index contributed by atoms with van der Waals surface area (Å²) in [6.07, 6.45) is 77.2. The van der Waals surface area contributed by atoms with E-state index in [2.05, 4.69) is 39.0 Å². The summed E-state index contributed by atoms with van der Waals surface area (Å²) in [4.78, 5) is 38.2. The van der Waals surface area contributed by atoms with Crippen molar-refractivity contribution in [3.63, 3.8) is 0 Å². The molecule has 0 aromatic heterocycles. The lowest BCUT2D eigenvalue weighted by Crippen LogP contribution is -2.30. The molecule has 0 aliphatic rings. The van der Waals surface area contributed by atoms with Crippen LogP contribution in [0.15, 0.2) is 85.1 Å². The van der Waals surface area contributed by atoms with Crippen molar-refractivity contribution in [2.45, 2.75) is 297 Å². The average Bonchev–Trinajstić information content (AvgIpc) is 3.37. The number of carbonyl (C=O) groups excluding carboxylic acids is 3. The molecule has 0 radical (unpaired) electrons. The summed E-state index contributed by atoms with van der Waals surface area (Å²) in [5.41, 5.74) is 0. The van der Waals surface area contributed by atoms with Crippen molar-refractivity contribution in [2.24, 2.45) is 0 Å². The van der Waals surface area contributed by atoms with Gasteiger partial charge in [0.05, 0.1) is 0 Å². The molecule has 0 aliphatic carbocycles. The van der Waals surface area contributed by atoms with Crippen molar-refractivity contribution in [3.05, 3.63) is 85.1 Å². The Hall–Kier alpha value is -3.41. The lowest BCUT2D eigenvalue weighted by Gasteiger charge is -2.18. The van der Waals surface area contributed by atoms with Crippen molar-refractivity contribution in [1.82, 2.24) is 0 Å². The molecule has 0 aliphatic heterocycles. The number of hydrogen-bond acceptors (Lipinski definition) is 6. The summed E-state index contributed by atoms with van der Waals surface area (Å²) < 4.78 is 16.9. The molecule has 0 fully saturated rings. The highest BCUT2D eigenvalue weighted by atomic mass is 16.6. The van der Waals surface area contributed by atoms with Crippen molar-refractivity contribution >= 4 is 17.9 Å². The molecule has 0 bridgehead atoms. The highest BCUT2D eigenvalue weighted by molar-refractivity contribution is 5.71. The summed E-state index contributed by atoms with van der Waals surface area (Å²) in [5.74, 6) is -0.920. The Bertz CT molecular complexity index is 1370. The zero-order valence-corrected chi connectivity index (χ0v) is 46.7. The third-order valence-electron chi connectivity index (χ3n) is 13.1. The number of carbonyl (C=O) groups is 3. The van der Waals surface area contributed by atoms with Gasteiger partial charge in [0.15, 0.2) is 6.10 Å². The predicted octanol–water partition coefficient (Wildman–Crippen LogP) is 20.3. The first-order valence-corrected chi connectivity index (χ1v) is 30.2. The van der Waals surface area contributed by atoms with Gasteiger partial charge < -0.3 is 14.2 Å². The molecule has 0 rings (SSSR count). The van der Waals surface area contributed by atoms with Gasteiger partial charge in [0.1, 0.15) is 13.2 Å². The summed E-state index contributed by atoms with van der Waals surface area (Å²) in [7, 11) is 0. The van der Waals surface area contributed by atoms with Crippen molar-refractivity contribution in [2.75, 3.05) is 13.2 Å². The number of unbranched alkanes of at least 4 members (excludes halogenated alkanes) is 35. The Labute approximate surface area is 439 Å². The summed E-state index contributed by atoms with van der Waals surface area (Å²) in [6.45, 7) is 6.49. The van der Waals surface area contributed by atoms with E-state index in [0.29, 0.717) is 19.3 Å². The molecule has 1 unspecified atom stereocenters. The fourth-order valence-corrected chi connectivity index (χ4v) is 8.60. The molecule has 1 atom stereocenters. The lowest BCUT2D eigenvalue weighted by atomic mass is 10.0. The fraction of sp³-hybridized carbons (Fsp3) is 0.738. The Morgan fingerprint density at radius 2 is 0.549 bits per heavy atom. The van der Waals surface area contributed by atoms with Crippen molar-refractivity contribution < 1.29 is 28.6 Å². The van der Waals surface area contributed by atoms with E-state index in [9.17, 15) is 14.4 Å². The van der Waals surface area contributed by atoms with E-state index in [1.54, 1.807) is 0 Å². The second-order valence-corrected chi connectivity index (χ2v) is 20.1. The molecule has 0 N–H and O–H groups in total. The smallest absolute Gasteiger partial charge is 0.306 e. The summed E-state index contributed by atoms with van der Waals surface area (Å²) >= 11 is 0. The van der Waals surface area contributed by atoms with E-state index < -0.39 is 6.10 Å². The minimum Gasteiger partial charge on any atom is -0.462 e. The Morgan fingerprint density at radius 3 is 0.859 bits per heavy atom. The van der Waals surface area contributed by atoms with Gasteiger partial charge in [-0.15, -0.1) is 0 Å². The zero-order chi connectivity index (χ0) is 51.4. The summed E-state index contributed by atoms with van der Waals surface area (Å²) in [6, 6.07) is 0. The minimum absolute atomic E-state index is 0.0877. The predicted molar refractivity (Wildman–Crippen MR) is 307 cm³/mol. The topological polar surface area (TPSA) is 78.9 Å². The molecule has 0 saturated heterocycles. The molecule has 0 aromatic carbocycles. The van der Waals surface area contributed by atoms with E-state index in [-0.39, 0.29) is 31.1 Å². The SMILES string of the molecule is CC\C=C/C=C\C=C/C=C\C=C\C=C/C=C\CCCCCC(=O)OCC(COC(=O)CCCCCCCCCCCCCCCCC)OC(=O)CCCCCCCCCCCCCCCCCCCCC. The standard InChI is InChI=1S/C65H112O6/c1-4-7-10-13-16-19-22-25-28-30-32-34-37-40-43-46-49-52-55-58-64(67)70-61-62(60-69-63(66)57-54-51-48-45-42-39-36-27-24-21-18-15-12-9-6-3)71-65(68)59-56-53-50-47-44-41-38-35-33-31-29-26-23-20-17-14-11-8-5-2/h7,10,13,16,19,22,25,28,30,32,34,37,40,43,62H,4-6,8-9,11-12,14-15,17-18,20-21,23-24,26-27,29,31,33,35-36,38-39,41-42,44-61H2,1-3H3/b10-7-,16-13-,22-19-,28-25-,32-30+,37-34-,43-40-. The fourth-order valence-electron chi connectivity index (χ4n) is 8.60. The van der Waals surface area contributed by atoms with Gasteiger partial charge >= 0.3 is 17.9 Å². The van der Waals surface area contributed by atoms with Crippen LogP contribution in [0.2, 0.25) is 0 Å². The Kier molecular flexibility index (Phi) is 56.3. The Morgan fingerprint density at radius 1 is 0.296 bits per heavy atom. The molecule has 0 amide bonds. The highest BCUT2D eigenvalue weighted by Gasteiger charge is 2.19. The molecule has 0 spiro atoms. The number of hydrogen-bond donors (Lipinski definition) is 0. The first-order chi connectivity index (χ1) is 35.0. The molecular weight excluding hydrogens is 877 g/mol. The highest BCUT2D eigenvalue weighted by Crippen LogP contribution is 2.17. The number of ether oxygens (including phenoxy) is 3. The maximum atomic E-state index is 12.9. The number of rotatable bonds is 54.